The van der Waals surface area contributed by atoms with E-state index in [0.717, 1.165) is 29.1 Å². The molecule has 0 aliphatic carbocycles. The highest BCUT2D eigenvalue weighted by molar-refractivity contribution is 9.10. The van der Waals surface area contributed by atoms with E-state index in [2.05, 4.69) is 37.6 Å². The van der Waals surface area contributed by atoms with Crippen molar-refractivity contribution in [1.82, 2.24) is 9.55 Å². The molecule has 100 valence electrons. The summed E-state index contributed by atoms with van der Waals surface area (Å²) >= 11 is 3.57. The van der Waals surface area contributed by atoms with Gasteiger partial charge >= 0.3 is 0 Å². The number of hydrogen-bond donors (Lipinski definition) is 0. The van der Waals surface area contributed by atoms with Crippen LogP contribution in [0.2, 0.25) is 0 Å². The first-order valence-electron chi connectivity index (χ1n) is 6.77. The molecule has 0 radical (unpaired) electrons. The zero-order valence-electron chi connectivity index (χ0n) is 11.0. The summed E-state index contributed by atoms with van der Waals surface area (Å²) in [5.41, 5.74) is 3.62. The van der Waals surface area contributed by atoms with Crippen LogP contribution in [0.3, 0.4) is 0 Å². The summed E-state index contributed by atoms with van der Waals surface area (Å²) in [6.45, 7) is 3.77. The molecule has 1 aromatic carbocycles. The molecule has 3 rings (SSSR count). The van der Waals surface area contributed by atoms with E-state index in [4.69, 9.17) is 4.74 Å². The quantitative estimate of drug-likeness (QED) is 0.853. The molecular formula is C15H17BrN2O. The van der Waals surface area contributed by atoms with Crippen molar-refractivity contribution in [1.29, 1.82) is 0 Å². The zero-order chi connectivity index (χ0) is 13.2. The Hall–Kier alpha value is -1.29. The second-order valence-electron chi connectivity index (χ2n) is 4.74. The summed E-state index contributed by atoms with van der Waals surface area (Å²) < 4.78 is 8.72. The molecule has 19 heavy (non-hydrogen) atoms. The molecule has 0 saturated heterocycles. The van der Waals surface area contributed by atoms with Crippen molar-refractivity contribution in [2.24, 2.45) is 0 Å². The standard InChI is InChI=1S/C15H17BrN2O/c1-2-19-12-8-6-11(7-9-12)14-13-5-3-4-10-18(13)15(16)17-14/h6-9H,2-5,10H2,1H3. The predicted octanol–water partition coefficient (Wildman–Crippen LogP) is 4.05. The molecule has 0 amide bonds. The van der Waals surface area contributed by atoms with Gasteiger partial charge in [-0.15, -0.1) is 0 Å². The highest BCUT2D eigenvalue weighted by Crippen LogP contribution is 2.31. The maximum Gasteiger partial charge on any atom is 0.177 e. The highest BCUT2D eigenvalue weighted by atomic mass is 79.9. The van der Waals surface area contributed by atoms with Crippen LogP contribution >= 0.6 is 15.9 Å². The third-order valence-corrected chi connectivity index (χ3v) is 4.12. The third kappa shape index (κ3) is 2.41. The fourth-order valence-corrected chi connectivity index (χ4v) is 3.17. The van der Waals surface area contributed by atoms with E-state index in [0.29, 0.717) is 6.61 Å². The number of ether oxygens (including phenoxy) is 1. The zero-order valence-corrected chi connectivity index (χ0v) is 12.6. The summed E-state index contributed by atoms with van der Waals surface area (Å²) in [5, 5.41) is 0. The number of benzene rings is 1. The highest BCUT2D eigenvalue weighted by Gasteiger charge is 2.19. The number of hydrogen-bond acceptors (Lipinski definition) is 2. The minimum absolute atomic E-state index is 0.699. The number of rotatable bonds is 3. The Labute approximate surface area is 121 Å². The topological polar surface area (TPSA) is 27.1 Å². The van der Waals surface area contributed by atoms with Crippen molar-refractivity contribution in [3.63, 3.8) is 0 Å². The Morgan fingerprint density at radius 3 is 2.79 bits per heavy atom. The number of nitrogens with zero attached hydrogens (tertiary/aromatic N) is 2. The summed E-state index contributed by atoms with van der Waals surface area (Å²) in [4.78, 5) is 4.68. The second kappa shape index (κ2) is 5.37. The van der Waals surface area contributed by atoms with Gasteiger partial charge in [0.25, 0.3) is 0 Å². The van der Waals surface area contributed by atoms with Crippen molar-refractivity contribution >= 4 is 15.9 Å². The van der Waals surface area contributed by atoms with E-state index in [-0.39, 0.29) is 0 Å². The minimum Gasteiger partial charge on any atom is -0.494 e. The van der Waals surface area contributed by atoms with Gasteiger partial charge in [0, 0.05) is 17.8 Å². The molecule has 1 aliphatic heterocycles. The molecule has 0 unspecified atom stereocenters. The lowest BCUT2D eigenvalue weighted by Crippen LogP contribution is -2.10. The fraction of sp³-hybridized carbons (Fsp3) is 0.400. The monoisotopic (exact) mass is 320 g/mol. The van der Waals surface area contributed by atoms with Crippen molar-refractivity contribution in [3.8, 4) is 17.0 Å². The van der Waals surface area contributed by atoms with Crippen LogP contribution in [0.25, 0.3) is 11.3 Å². The van der Waals surface area contributed by atoms with E-state index in [9.17, 15) is 0 Å². The molecule has 0 spiro atoms. The Balaban J connectivity index is 1.97. The maximum absolute atomic E-state index is 5.48. The number of fused-ring (bicyclic) bond motifs is 1. The summed E-state index contributed by atoms with van der Waals surface area (Å²) in [6.07, 6.45) is 3.61. The van der Waals surface area contributed by atoms with Crippen LogP contribution in [0.4, 0.5) is 0 Å². The molecule has 4 heteroatoms. The molecule has 2 heterocycles. The predicted molar refractivity (Wildman–Crippen MR) is 79.5 cm³/mol. The minimum atomic E-state index is 0.699. The molecule has 0 N–H and O–H groups in total. The average Bonchev–Trinajstić information content (AvgIpc) is 2.78. The van der Waals surface area contributed by atoms with Gasteiger partial charge in [0.1, 0.15) is 5.75 Å². The van der Waals surface area contributed by atoms with E-state index in [1.807, 2.05) is 19.1 Å². The number of halogens is 1. The van der Waals surface area contributed by atoms with Crippen LogP contribution in [0, 0.1) is 0 Å². The summed E-state index contributed by atoms with van der Waals surface area (Å²) in [7, 11) is 0. The van der Waals surface area contributed by atoms with E-state index >= 15 is 0 Å². The van der Waals surface area contributed by atoms with Crippen LogP contribution in [0.5, 0.6) is 5.75 Å². The fourth-order valence-electron chi connectivity index (χ4n) is 2.61. The van der Waals surface area contributed by atoms with Crippen molar-refractivity contribution < 1.29 is 4.74 Å². The van der Waals surface area contributed by atoms with Gasteiger partial charge in [-0.1, -0.05) is 0 Å². The van der Waals surface area contributed by atoms with E-state index in [1.165, 1.54) is 24.1 Å². The van der Waals surface area contributed by atoms with E-state index < -0.39 is 0 Å². The smallest absolute Gasteiger partial charge is 0.177 e. The molecule has 2 aromatic rings. The van der Waals surface area contributed by atoms with Gasteiger partial charge in [0.2, 0.25) is 0 Å². The van der Waals surface area contributed by atoms with Gasteiger partial charge in [-0.3, -0.25) is 0 Å². The average molecular weight is 321 g/mol. The van der Waals surface area contributed by atoms with Crippen molar-refractivity contribution in [2.75, 3.05) is 6.61 Å². The lowest BCUT2D eigenvalue weighted by Gasteiger charge is -2.16. The summed E-state index contributed by atoms with van der Waals surface area (Å²) in [5.74, 6) is 0.915. The first-order valence-corrected chi connectivity index (χ1v) is 7.57. The molecule has 0 saturated carbocycles. The van der Waals surface area contributed by atoms with Crippen LogP contribution in [-0.2, 0) is 13.0 Å². The molecule has 0 bridgehead atoms. The first kappa shape index (κ1) is 12.7. The van der Waals surface area contributed by atoms with Gasteiger partial charge in [0.05, 0.1) is 12.3 Å². The maximum atomic E-state index is 5.48. The van der Waals surface area contributed by atoms with Gasteiger partial charge in [0.15, 0.2) is 4.73 Å². The summed E-state index contributed by atoms with van der Waals surface area (Å²) in [6, 6.07) is 8.22. The SMILES string of the molecule is CCOc1ccc(-c2nc(Br)n3c2CCCC3)cc1. The lowest BCUT2D eigenvalue weighted by molar-refractivity contribution is 0.340. The largest absolute Gasteiger partial charge is 0.494 e. The van der Waals surface area contributed by atoms with E-state index in [1.54, 1.807) is 0 Å². The molecule has 1 aromatic heterocycles. The Bertz CT molecular complexity index is 575. The Morgan fingerprint density at radius 2 is 2.05 bits per heavy atom. The lowest BCUT2D eigenvalue weighted by atomic mass is 10.0. The number of imidazole rings is 1. The van der Waals surface area contributed by atoms with Crippen LogP contribution in [-0.4, -0.2) is 16.2 Å². The normalized spacial score (nSPS) is 14.2. The van der Waals surface area contributed by atoms with Crippen LogP contribution in [0.1, 0.15) is 25.5 Å². The molecular weight excluding hydrogens is 304 g/mol. The first-order chi connectivity index (χ1) is 9.29. The molecule has 1 aliphatic rings. The van der Waals surface area contributed by atoms with Crippen LogP contribution < -0.4 is 4.74 Å². The Morgan fingerprint density at radius 1 is 1.26 bits per heavy atom. The molecule has 3 nitrogen and oxygen atoms in total. The van der Waals surface area contributed by atoms with Crippen molar-refractivity contribution in [2.45, 2.75) is 32.7 Å². The Kier molecular flexibility index (Phi) is 3.60. The van der Waals surface area contributed by atoms with Gasteiger partial charge in [-0.25, -0.2) is 4.98 Å². The van der Waals surface area contributed by atoms with Crippen LogP contribution in [0.15, 0.2) is 29.0 Å². The van der Waals surface area contributed by atoms with Gasteiger partial charge in [-0.05, 0) is 66.4 Å². The third-order valence-electron chi connectivity index (χ3n) is 3.51. The molecule has 0 fully saturated rings. The van der Waals surface area contributed by atoms with Gasteiger partial charge < -0.3 is 9.30 Å². The van der Waals surface area contributed by atoms with Crippen molar-refractivity contribution in [3.05, 3.63) is 34.7 Å². The molecule has 0 atom stereocenters. The van der Waals surface area contributed by atoms with Gasteiger partial charge in [-0.2, -0.15) is 0 Å². The second-order valence-corrected chi connectivity index (χ2v) is 5.45. The number of aromatic nitrogens is 2.